The molecule has 1 amide bonds. The van der Waals surface area contributed by atoms with Gasteiger partial charge in [0.15, 0.2) is 0 Å². The largest absolute Gasteiger partial charge is 0.342 e. The van der Waals surface area contributed by atoms with E-state index >= 15 is 0 Å². The molecule has 1 aliphatic rings. The summed E-state index contributed by atoms with van der Waals surface area (Å²) in [5.41, 5.74) is 3.58. The summed E-state index contributed by atoms with van der Waals surface area (Å²) < 4.78 is 27.9. The van der Waals surface area contributed by atoms with Crippen LogP contribution in [-0.2, 0) is 21.2 Å². The number of hydrogen-bond donors (Lipinski definition) is 1. The van der Waals surface area contributed by atoms with Crippen LogP contribution in [0.25, 0.3) is 0 Å². The number of hydrogen-bond acceptors (Lipinski definition) is 3. The summed E-state index contributed by atoms with van der Waals surface area (Å²) in [4.78, 5) is 13.7. The van der Waals surface area contributed by atoms with E-state index < -0.39 is 10.0 Å². The molecule has 6 heteroatoms. The standard InChI is InChI=1S/C20H24N2O3S/c1-15-5-3-6-19(16(15)2)21-26(24,25)18-10-8-17(9-11-18)12-14-22-13-4-7-20(22)23/h3,5-6,8-11,21H,4,7,12-14H2,1-2H3. The molecule has 26 heavy (non-hydrogen) atoms. The SMILES string of the molecule is Cc1cccc(NS(=O)(=O)c2ccc(CCN3CCCC3=O)cc2)c1C. The molecule has 138 valence electrons. The van der Waals surface area contributed by atoms with Crippen molar-refractivity contribution < 1.29 is 13.2 Å². The Balaban J connectivity index is 1.68. The van der Waals surface area contributed by atoms with E-state index in [1.165, 1.54) is 0 Å². The average Bonchev–Trinajstić information content (AvgIpc) is 3.02. The first-order valence-electron chi connectivity index (χ1n) is 8.82. The minimum Gasteiger partial charge on any atom is -0.342 e. The van der Waals surface area contributed by atoms with Crippen LogP contribution in [0, 0.1) is 13.8 Å². The predicted octanol–water partition coefficient (Wildman–Crippen LogP) is 3.27. The second-order valence-corrected chi connectivity index (χ2v) is 8.41. The number of amides is 1. The van der Waals surface area contributed by atoms with Gasteiger partial charge in [-0.15, -0.1) is 0 Å². The highest BCUT2D eigenvalue weighted by Crippen LogP contribution is 2.22. The molecule has 0 aromatic heterocycles. The fourth-order valence-corrected chi connectivity index (χ4v) is 4.23. The first kappa shape index (κ1) is 18.5. The van der Waals surface area contributed by atoms with Crippen LogP contribution in [-0.4, -0.2) is 32.3 Å². The Morgan fingerprint density at radius 1 is 1.08 bits per heavy atom. The predicted molar refractivity (Wildman–Crippen MR) is 103 cm³/mol. The average molecular weight is 372 g/mol. The van der Waals surface area contributed by atoms with Crippen LogP contribution in [0.1, 0.15) is 29.5 Å². The van der Waals surface area contributed by atoms with Crippen LogP contribution in [0.15, 0.2) is 47.4 Å². The monoisotopic (exact) mass is 372 g/mol. The van der Waals surface area contributed by atoms with Crippen molar-refractivity contribution in [1.29, 1.82) is 0 Å². The Morgan fingerprint density at radius 2 is 1.81 bits per heavy atom. The van der Waals surface area contributed by atoms with Gasteiger partial charge >= 0.3 is 0 Å². The Labute approximate surface area is 155 Å². The first-order chi connectivity index (χ1) is 12.4. The highest BCUT2D eigenvalue weighted by atomic mass is 32.2. The fourth-order valence-electron chi connectivity index (χ4n) is 3.11. The van der Waals surface area contributed by atoms with E-state index in [2.05, 4.69) is 4.72 Å². The molecule has 0 bridgehead atoms. The molecule has 0 spiro atoms. The molecular formula is C20H24N2O3S. The van der Waals surface area contributed by atoms with Gasteiger partial charge in [-0.05, 0) is 61.6 Å². The molecule has 5 nitrogen and oxygen atoms in total. The summed E-state index contributed by atoms with van der Waals surface area (Å²) in [5, 5.41) is 0. The first-order valence-corrected chi connectivity index (χ1v) is 10.3. The number of benzene rings is 2. The number of likely N-dealkylation sites (tertiary alicyclic amines) is 1. The number of nitrogens with one attached hydrogen (secondary N) is 1. The number of carbonyl (C=O) groups is 1. The molecule has 1 N–H and O–H groups in total. The molecule has 0 radical (unpaired) electrons. The van der Waals surface area contributed by atoms with E-state index in [4.69, 9.17) is 0 Å². The van der Waals surface area contributed by atoms with E-state index in [0.29, 0.717) is 18.7 Å². The lowest BCUT2D eigenvalue weighted by Gasteiger charge is -2.15. The van der Waals surface area contributed by atoms with Crippen LogP contribution < -0.4 is 4.72 Å². The number of carbonyl (C=O) groups excluding carboxylic acids is 1. The van der Waals surface area contributed by atoms with E-state index in [1.807, 2.05) is 43.0 Å². The maximum atomic E-state index is 12.6. The van der Waals surface area contributed by atoms with Crippen molar-refractivity contribution in [2.75, 3.05) is 17.8 Å². The minimum absolute atomic E-state index is 0.210. The van der Waals surface area contributed by atoms with E-state index in [9.17, 15) is 13.2 Å². The second kappa shape index (κ2) is 7.50. The van der Waals surface area contributed by atoms with Gasteiger partial charge in [0.2, 0.25) is 5.91 Å². The molecule has 1 aliphatic heterocycles. The highest BCUT2D eigenvalue weighted by Gasteiger charge is 2.20. The zero-order valence-electron chi connectivity index (χ0n) is 15.2. The number of nitrogens with zero attached hydrogens (tertiary/aromatic N) is 1. The number of aryl methyl sites for hydroxylation is 1. The van der Waals surface area contributed by atoms with Gasteiger partial charge in [0.25, 0.3) is 10.0 Å². The third kappa shape index (κ3) is 4.07. The summed E-state index contributed by atoms with van der Waals surface area (Å²) >= 11 is 0. The summed E-state index contributed by atoms with van der Waals surface area (Å²) in [6, 6.07) is 12.4. The van der Waals surface area contributed by atoms with Crippen LogP contribution >= 0.6 is 0 Å². The van der Waals surface area contributed by atoms with Crippen molar-refractivity contribution in [2.45, 2.75) is 38.0 Å². The van der Waals surface area contributed by atoms with Gasteiger partial charge in [0.05, 0.1) is 10.6 Å². The lowest BCUT2D eigenvalue weighted by atomic mass is 10.1. The zero-order chi connectivity index (χ0) is 18.7. The normalized spacial score (nSPS) is 14.7. The summed E-state index contributed by atoms with van der Waals surface area (Å²) in [5.74, 6) is 0.210. The van der Waals surface area contributed by atoms with Gasteiger partial charge in [-0.3, -0.25) is 9.52 Å². The third-order valence-electron chi connectivity index (χ3n) is 4.92. The molecule has 0 saturated carbocycles. The van der Waals surface area contributed by atoms with Gasteiger partial charge in [0, 0.05) is 19.5 Å². The van der Waals surface area contributed by atoms with Crippen LogP contribution in [0.2, 0.25) is 0 Å². The number of rotatable bonds is 6. The van der Waals surface area contributed by atoms with Gasteiger partial charge in [-0.25, -0.2) is 8.42 Å². The topological polar surface area (TPSA) is 66.5 Å². The molecule has 2 aromatic rings. The van der Waals surface area contributed by atoms with E-state index in [-0.39, 0.29) is 10.8 Å². The fraction of sp³-hybridized carbons (Fsp3) is 0.350. The van der Waals surface area contributed by atoms with Crippen molar-refractivity contribution in [1.82, 2.24) is 4.90 Å². The summed E-state index contributed by atoms with van der Waals surface area (Å²) in [6.07, 6.45) is 2.30. The van der Waals surface area contributed by atoms with Crippen molar-refractivity contribution in [3.05, 3.63) is 59.2 Å². The van der Waals surface area contributed by atoms with Crippen molar-refractivity contribution >= 4 is 21.6 Å². The molecule has 1 fully saturated rings. The zero-order valence-corrected chi connectivity index (χ0v) is 16.0. The maximum absolute atomic E-state index is 12.6. The molecule has 1 heterocycles. The molecule has 0 unspecified atom stereocenters. The third-order valence-corrected chi connectivity index (χ3v) is 6.31. The number of sulfonamides is 1. The van der Waals surface area contributed by atoms with E-state index in [0.717, 1.165) is 36.1 Å². The molecule has 0 aliphatic carbocycles. The van der Waals surface area contributed by atoms with Crippen LogP contribution in [0.3, 0.4) is 0 Å². The lowest BCUT2D eigenvalue weighted by molar-refractivity contribution is -0.127. The molecule has 1 saturated heterocycles. The van der Waals surface area contributed by atoms with Gasteiger partial charge < -0.3 is 4.90 Å². The quantitative estimate of drug-likeness (QED) is 0.846. The van der Waals surface area contributed by atoms with Crippen molar-refractivity contribution in [3.8, 4) is 0 Å². The van der Waals surface area contributed by atoms with Crippen LogP contribution in [0.4, 0.5) is 5.69 Å². The maximum Gasteiger partial charge on any atom is 0.261 e. The van der Waals surface area contributed by atoms with E-state index in [1.54, 1.807) is 18.2 Å². The van der Waals surface area contributed by atoms with Gasteiger partial charge in [-0.2, -0.15) is 0 Å². The second-order valence-electron chi connectivity index (χ2n) is 6.73. The van der Waals surface area contributed by atoms with Crippen molar-refractivity contribution in [3.63, 3.8) is 0 Å². The van der Waals surface area contributed by atoms with Gasteiger partial charge in [0.1, 0.15) is 0 Å². The molecule has 2 aromatic carbocycles. The van der Waals surface area contributed by atoms with Crippen molar-refractivity contribution in [2.24, 2.45) is 0 Å². The Morgan fingerprint density at radius 3 is 2.46 bits per heavy atom. The highest BCUT2D eigenvalue weighted by molar-refractivity contribution is 7.92. The summed E-state index contributed by atoms with van der Waals surface area (Å²) in [6.45, 7) is 5.36. The lowest BCUT2D eigenvalue weighted by Crippen LogP contribution is -2.26. The Kier molecular flexibility index (Phi) is 5.32. The molecule has 3 rings (SSSR count). The molecule has 0 atom stereocenters. The summed E-state index contributed by atoms with van der Waals surface area (Å²) in [7, 11) is -3.62. The minimum atomic E-state index is -3.62. The number of anilines is 1. The molecular weight excluding hydrogens is 348 g/mol. The van der Waals surface area contributed by atoms with Gasteiger partial charge in [-0.1, -0.05) is 24.3 Å². The van der Waals surface area contributed by atoms with Crippen LogP contribution in [0.5, 0.6) is 0 Å². The Bertz CT molecular complexity index is 905. The smallest absolute Gasteiger partial charge is 0.261 e. The Hall–Kier alpha value is -2.34.